The van der Waals surface area contributed by atoms with Crippen LogP contribution in [-0.2, 0) is 6.18 Å². The van der Waals surface area contributed by atoms with Crippen molar-refractivity contribution in [3.63, 3.8) is 0 Å². The predicted octanol–water partition coefficient (Wildman–Crippen LogP) is 4.66. The van der Waals surface area contributed by atoms with Crippen LogP contribution in [0, 0.1) is 17.7 Å². The third-order valence-corrected chi connectivity index (χ3v) is 6.16. The first-order valence-electron chi connectivity index (χ1n) is 8.32. The van der Waals surface area contributed by atoms with Crippen LogP contribution in [0.15, 0.2) is 18.2 Å². The molecule has 3 nitrogen and oxygen atoms in total. The molecular formula is C18H15F4NO2. The zero-order valence-electron chi connectivity index (χ0n) is 13.0. The van der Waals surface area contributed by atoms with Crippen LogP contribution in [0.2, 0.25) is 0 Å². The van der Waals surface area contributed by atoms with Crippen LogP contribution in [0.5, 0.6) is 11.8 Å². The fraction of sp³-hybridized carbons (Fsp3) is 0.444. The van der Waals surface area contributed by atoms with Gasteiger partial charge in [-0.3, -0.25) is 4.57 Å². The Morgan fingerprint density at radius 2 is 1.52 bits per heavy atom. The van der Waals surface area contributed by atoms with Crippen molar-refractivity contribution in [2.45, 2.75) is 37.3 Å². The van der Waals surface area contributed by atoms with Gasteiger partial charge in [0.1, 0.15) is 5.82 Å². The van der Waals surface area contributed by atoms with Crippen LogP contribution >= 0.6 is 0 Å². The second kappa shape index (κ2) is 4.51. The van der Waals surface area contributed by atoms with E-state index in [1.54, 1.807) is 0 Å². The van der Waals surface area contributed by atoms with Crippen molar-refractivity contribution in [3.8, 4) is 17.4 Å². The summed E-state index contributed by atoms with van der Waals surface area (Å²) in [6.07, 6.45) is -1.92. The molecule has 4 atom stereocenters. The van der Waals surface area contributed by atoms with Gasteiger partial charge in [-0.25, -0.2) is 4.39 Å². The molecule has 2 saturated carbocycles. The Kier molecular flexibility index (Phi) is 2.72. The molecule has 6 rings (SSSR count). The molecule has 2 bridgehead atoms. The van der Waals surface area contributed by atoms with Crippen LogP contribution < -0.4 is 0 Å². The lowest BCUT2D eigenvalue weighted by molar-refractivity contribution is -0.140. The van der Waals surface area contributed by atoms with Crippen molar-refractivity contribution in [1.29, 1.82) is 0 Å². The van der Waals surface area contributed by atoms with Crippen molar-refractivity contribution in [3.05, 3.63) is 40.7 Å². The van der Waals surface area contributed by atoms with Gasteiger partial charge in [-0.05, 0) is 61.1 Å². The molecule has 0 radical (unpaired) electrons. The van der Waals surface area contributed by atoms with E-state index >= 15 is 0 Å². The average molecular weight is 353 g/mol. The van der Waals surface area contributed by atoms with Crippen molar-refractivity contribution in [2.75, 3.05) is 0 Å². The van der Waals surface area contributed by atoms with Crippen LogP contribution in [0.25, 0.3) is 5.69 Å². The van der Waals surface area contributed by atoms with Gasteiger partial charge in [0.05, 0.1) is 11.3 Å². The Morgan fingerprint density at radius 3 is 2.04 bits per heavy atom. The summed E-state index contributed by atoms with van der Waals surface area (Å²) in [6, 6.07) is 2.48. The molecule has 4 aliphatic carbocycles. The summed E-state index contributed by atoms with van der Waals surface area (Å²) in [7, 11) is 0. The average Bonchev–Trinajstić information content (AvgIpc) is 3.32. The van der Waals surface area contributed by atoms with Gasteiger partial charge in [-0.1, -0.05) is 0 Å². The van der Waals surface area contributed by atoms with E-state index in [4.69, 9.17) is 0 Å². The summed E-state index contributed by atoms with van der Waals surface area (Å²) in [4.78, 5) is 0. The normalized spacial score (nSPS) is 29.4. The summed E-state index contributed by atoms with van der Waals surface area (Å²) in [5.41, 5.74) is -0.164. The number of hydrogen-bond donors (Lipinski definition) is 2. The Balaban J connectivity index is 1.71. The number of hydrogen-bond acceptors (Lipinski definition) is 2. The quantitative estimate of drug-likeness (QED) is 0.733. The van der Waals surface area contributed by atoms with Gasteiger partial charge in [0, 0.05) is 11.1 Å². The van der Waals surface area contributed by atoms with E-state index in [2.05, 4.69) is 0 Å². The minimum atomic E-state index is -4.85. The molecule has 1 aromatic heterocycles. The maximum Gasteiger partial charge on any atom is 0.419 e. The number of alkyl halides is 3. The maximum atomic E-state index is 13.5. The van der Waals surface area contributed by atoms with Gasteiger partial charge >= 0.3 is 6.18 Å². The molecule has 2 N–H and O–H groups in total. The highest BCUT2D eigenvalue weighted by atomic mass is 19.4. The summed E-state index contributed by atoms with van der Waals surface area (Å²) in [6.45, 7) is 0. The zero-order chi connectivity index (χ0) is 17.7. The van der Waals surface area contributed by atoms with Crippen molar-refractivity contribution < 1.29 is 27.8 Å². The lowest BCUT2D eigenvalue weighted by Crippen LogP contribution is -2.22. The molecule has 1 heterocycles. The van der Waals surface area contributed by atoms with Crippen LogP contribution in [-0.4, -0.2) is 14.8 Å². The van der Waals surface area contributed by atoms with Gasteiger partial charge in [0.15, 0.2) is 0 Å². The van der Waals surface area contributed by atoms with Gasteiger partial charge in [-0.2, -0.15) is 13.2 Å². The van der Waals surface area contributed by atoms with E-state index in [-0.39, 0.29) is 29.3 Å². The molecule has 132 valence electrons. The van der Waals surface area contributed by atoms with E-state index < -0.39 is 17.6 Å². The predicted molar refractivity (Wildman–Crippen MR) is 80.4 cm³/mol. The molecule has 0 amide bonds. The van der Waals surface area contributed by atoms with E-state index in [9.17, 15) is 27.8 Å². The molecular weight excluding hydrogens is 338 g/mol. The molecule has 0 unspecified atom stereocenters. The Hall–Kier alpha value is -2.18. The Labute approximate surface area is 140 Å². The smallest absolute Gasteiger partial charge is 0.419 e. The first kappa shape index (κ1) is 15.1. The third-order valence-electron chi connectivity index (χ3n) is 6.16. The van der Waals surface area contributed by atoms with Gasteiger partial charge < -0.3 is 10.2 Å². The number of benzene rings is 1. The van der Waals surface area contributed by atoms with E-state index in [0.717, 1.165) is 29.9 Å². The number of rotatable bonds is 1. The molecule has 1 aromatic carbocycles. The zero-order valence-corrected chi connectivity index (χ0v) is 13.0. The standard InChI is InChI=1S/C18H15F4NO2/c19-13-4-1-7(5-12(13)18(20,21)22)23-16(24)14-8-2-3-9(11-6-10(8)11)15(14)17(23)25/h1,4-5,8-11,24-25H,2-3,6H2/t8-,9+,10+,11-. The largest absolute Gasteiger partial charge is 0.494 e. The second-order valence-electron chi connectivity index (χ2n) is 7.33. The highest BCUT2D eigenvalue weighted by molar-refractivity contribution is 5.59. The lowest BCUT2D eigenvalue weighted by Gasteiger charge is -2.35. The number of aromatic nitrogens is 1. The first-order valence-corrected chi connectivity index (χ1v) is 8.32. The van der Waals surface area contributed by atoms with Crippen LogP contribution in [0.1, 0.15) is 47.8 Å². The second-order valence-corrected chi connectivity index (χ2v) is 7.33. The SMILES string of the molecule is Oc1c2c(c(O)n1-c1ccc(F)c(C(F)(F)F)c1)[C@@H]1CC[C@H]2[C@H]2C[C@H]21. The van der Waals surface area contributed by atoms with Crippen LogP contribution in [0.3, 0.4) is 0 Å². The van der Waals surface area contributed by atoms with E-state index in [1.807, 2.05) is 0 Å². The van der Waals surface area contributed by atoms with Gasteiger partial charge in [0.2, 0.25) is 11.8 Å². The van der Waals surface area contributed by atoms with Crippen molar-refractivity contribution >= 4 is 0 Å². The summed E-state index contributed by atoms with van der Waals surface area (Å²) >= 11 is 0. The number of nitrogens with zero attached hydrogens (tertiary/aromatic N) is 1. The van der Waals surface area contributed by atoms with Crippen molar-refractivity contribution in [1.82, 2.24) is 4.57 Å². The van der Waals surface area contributed by atoms with E-state index in [0.29, 0.717) is 35.1 Å². The van der Waals surface area contributed by atoms with Gasteiger partial charge in [-0.15, -0.1) is 0 Å². The number of halogens is 4. The fourth-order valence-corrected chi connectivity index (χ4v) is 5.09. The highest BCUT2D eigenvalue weighted by Gasteiger charge is 2.59. The summed E-state index contributed by atoms with van der Waals surface area (Å²) < 4.78 is 53.5. The fourth-order valence-electron chi connectivity index (χ4n) is 5.09. The number of fused-ring (bicyclic) bond motifs is 1. The molecule has 2 aromatic rings. The number of aromatic hydroxyl groups is 2. The topological polar surface area (TPSA) is 45.4 Å². The van der Waals surface area contributed by atoms with Gasteiger partial charge in [0.25, 0.3) is 0 Å². The summed E-state index contributed by atoms with van der Waals surface area (Å²) in [5, 5.41) is 21.3. The Morgan fingerprint density at radius 1 is 0.960 bits per heavy atom. The molecule has 0 aliphatic heterocycles. The molecule has 2 fully saturated rings. The lowest BCUT2D eigenvalue weighted by atomic mass is 9.68. The molecule has 7 heteroatoms. The summed E-state index contributed by atoms with van der Waals surface area (Å²) in [5.74, 6) is -0.495. The minimum absolute atomic E-state index is 0.0915. The maximum absolute atomic E-state index is 13.5. The molecule has 4 aliphatic rings. The first-order chi connectivity index (χ1) is 11.8. The monoisotopic (exact) mass is 353 g/mol. The highest BCUT2D eigenvalue weighted by Crippen LogP contribution is 2.70. The Bertz CT molecular complexity index is 862. The minimum Gasteiger partial charge on any atom is -0.494 e. The molecule has 0 spiro atoms. The molecule has 25 heavy (non-hydrogen) atoms. The molecule has 0 saturated heterocycles. The van der Waals surface area contributed by atoms with E-state index in [1.165, 1.54) is 0 Å². The van der Waals surface area contributed by atoms with Crippen LogP contribution in [0.4, 0.5) is 17.6 Å². The van der Waals surface area contributed by atoms with Crippen molar-refractivity contribution in [2.24, 2.45) is 11.8 Å². The third kappa shape index (κ3) is 1.86.